The van der Waals surface area contributed by atoms with Crippen LogP contribution in [0.5, 0.6) is 0 Å². The highest BCUT2D eigenvalue weighted by atomic mass is 35.5. The molecule has 0 bridgehead atoms. The van der Waals surface area contributed by atoms with Crippen LogP contribution in [-0.4, -0.2) is 47.5 Å². The zero-order chi connectivity index (χ0) is 12.3. The molecule has 0 amide bonds. The molecule has 0 spiro atoms. The Morgan fingerprint density at radius 1 is 1.59 bits per heavy atom. The molecule has 2 heterocycles. The lowest BCUT2D eigenvalue weighted by Gasteiger charge is -2.36. The Balaban J connectivity index is 2.22. The number of anilines is 1. The van der Waals surface area contributed by atoms with Gasteiger partial charge >= 0.3 is 0 Å². The van der Waals surface area contributed by atoms with Gasteiger partial charge in [0.1, 0.15) is 16.8 Å². The molecule has 2 rings (SSSR count). The molecule has 1 aliphatic rings. The summed E-state index contributed by atoms with van der Waals surface area (Å²) in [5.74, 6) is 1.46. The van der Waals surface area contributed by atoms with Gasteiger partial charge in [0.25, 0.3) is 0 Å². The van der Waals surface area contributed by atoms with E-state index in [9.17, 15) is 0 Å². The Kier molecular flexibility index (Phi) is 4.15. The van der Waals surface area contributed by atoms with Gasteiger partial charge in [0.2, 0.25) is 0 Å². The van der Waals surface area contributed by atoms with E-state index in [1.54, 1.807) is 6.07 Å². The minimum atomic E-state index is 0.141. The molecule has 6 heteroatoms. The van der Waals surface area contributed by atoms with E-state index in [1.165, 1.54) is 0 Å². The lowest BCUT2D eigenvalue weighted by molar-refractivity contribution is 0.0845. The molecule has 1 fully saturated rings. The molecule has 0 radical (unpaired) electrons. The molecule has 1 aromatic heterocycles. The summed E-state index contributed by atoms with van der Waals surface area (Å²) in [6.07, 6.45) is 0.667. The molecule has 0 saturated carbocycles. The number of aliphatic hydroxyl groups excluding tert-OH is 1. The van der Waals surface area contributed by atoms with Gasteiger partial charge in [0, 0.05) is 19.2 Å². The van der Waals surface area contributed by atoms with Gasteiger partial charge in [-0.25, -0.2) is 9.97 Å². The fourth-order valence-corrected chi connectivity index (χ4v) is 2.23. The maximum absolute atomic E-state index is 9.05. The molecule has 0 aliphatic carbocycles. The SMILES string of the molecule is Cc1nc(Cl)cc(N2CCOCC2CCO)n1. The first kappa shape index (κ1) is 12.5. The second kappa shape index (κ2) is 5.62. The van der Waals surface area contributed by atoms with Crippen molar-refractivity contribution in [3.63, 3.8) is 0 Å². The van der Waals surface area contributed by atoms with Gasteiger partial charge in [-0.15, -0.1) is 0 Å². The van der Waals surface area contributed by atoms with Gasteiger partial charge in [-0.2, -0.15) is 0 Å². The largest absolute Gasteiger partial charge is 0.396 e. The van der Waals surface area contributed by atoms with Crippen LogP contribution in [0.2, 0.25) is 5.15 Å². The quantitative estimate of drug-likeness (QED) is 0.820. The second-order valence-corrected chi connectivity index (χ2v) is 4.42. The third kappa shape index (κ3) is 3.06. The predicted molar refractivity (Wildman–Crippen MR) is 65.4 cm³/mol. The zero-order valence-corrected chi connectivity index (χ0v) is 10.5. The van der Waals surface area contributed by atoms with Gasteiger partial charge in [0.15, 0.2) is 0 Å². The first-order valence-electron chi connectivity index (χ1n) is 5.67. The summed E-state index contributed by atoms with van der Waals surface area (Å²) in [7, 11) is 0. The molecule has 1 aliphatic heterocycles. The van der Waals surface area contributed by atoms with Crippen molar-refractivity contribution in [2.75, 3.05) is 31.3 Å². The third-order valence-corrected chi connectivity index (χ3v) is 2.97. The van der Waals surface area contributed by atoms with E-state index in [1.807, 2.05) is 6.92 Å². The summed E-state index contributed by atoms with van der Waals surface area (Å²) >= 11 is 5.94. The number of aliphatic hydroxyl groups is 1. The standard InChI is InChI=1S/C11H16ClN3O2/c1-8-13-10(12)6-11(14-8)15-3-5-17-7-9(15)2-4-16/h6,9,16H,2-5,7H2,1H3. The van der Waals surface area contributed by atoms with E-state index in [-0.39, 0.29) is 12.6 Å². The lowest BCUT2D eigenvalue weighted by atomic mass is 10.1. The summed E-state index contributed by atoms with van der Waals surface area (Å²) in [4.78, 5) is 10.6. The summed E-state index contributed by atoms with van der Waals surface area (Å²) in [6, 6.07) is 1.91. The van der Waals surface area contributed by atoms with Gasteiger partial charge < -0.3 is 14.7 Å². The number of aromatic nitrogens is 2. The highest BCUT2D eigenvalue weighted by Crippen LogP contribution is 2.21. The Labute approximate surface area is 105 Å². The van der Waals surface area contributed by atoms with Gasteiger partial charge in [-0.3, -0.25) is 0 Å². The maximum atomic E-state index is 9.05. The monoisotopic (exact) mass is 257 g/mol. The van der Waals surface area contributed by atoms with E-state index in [0.29, 0.717) is 30.6 Å². The van der Waals surface area contributed by atoms with Crippen molar-refractivity contribution in [2.45, 2.75) is 19.4 Å². The summed E-state index contributed by atoms with van der Waals surface area (Å²) in [5.41, 5.74) is 0. The summed E-state index contributed by atoms with van der Waals surface area (Å²) in [6.45, 7) is 4.00. The smallest absolute Gasteiger partial charge is 0.134 e. The van der Waals surface area contributed by atoms with Crippen molar-refractivity contribution >= 4 is 17.4 Å². The Morgan fingerprint density at radius 2 is 2.41 bits per heavy atom. The van der Waals surface area contributed by atoms with Crippen molar-refractivity contribution in [3.8, 4) is 0 Å². The number of rotatable bonds is 3. The molecule has 1 saturated heterocycles. The van der Waals surface area contributed by atoms with Crippen LogP contribution in [-0.2, 0) is 4.74 Å². The number of hydrogen-bond donors (Lipinski definition) is 1. The van der Waals surface area contributed by atoms with Crippen molar-refractivity contribution in [3.05, 3.63) is 17.0 Å². The van der Waals surface area contributed by atoms with E-state index < -0.39 is 0 Å². The van der Waals surface area contributed by atoms with E-state index >= 15 is 0 Å². The Bertz CT molecular complexity index is 367. The van der Waals surface area contributed by atoms with Crippen molar-refractivity contribution < 1.29 is 9.84 Å². The van der Waals surface area contributed by atoms with Crippen LogP contribution in [0.4, 0.5) is 5.82 Å². The summed E-state index contributed by atoms with van der Waals surface area (Å²) in [5, 5.41) is 9.50. The molecule has 0 aromatic carbocycles. The van der Waals surface area contributed by atoms with E-state index in [4.69, 9.17) is 21.4 Å². The second-order valence-electron chi connectivity index (χ2n) is 4.03. The van der Waals surface area contributed by atoms with E-state index in [0.717, 1.165) is 12.4 Å². The highest BCUT2D eigenvalue weighted by molar-refractivity contribution is 6.29. The average Bonchev–Trinajstić information content (AvgIpc) is 2.29. The van der Waals surface area contributed by atoms with Crippen LogP contribution in [0, 0.1) is 6.92 Å². The Morgan fingerprint density at radius 3 is 3.12 bits per heavy atom. The minimum Gasteiger partial charge on any atom is -0.396 e. The number of nitrogens with zero attached hydrogens (tertiary/aromatic N) is 3. The Hall–Kier alpha value is -0.910. The topological polar surface area (TPSA) is 58.5 Å². The maximum Gasteiger partial charge on any atom is 0.134 e. The molecule has 94 valence electrons. The molecular weight excluding hydrogens is 242 g/mol. The first-order valence-corrected chi connectivity index (χ1v) is 6.05. The minimum absolute atomic E-state index is 0.141. The molecule has 1 atom stereocenters. The highest BCUT2D eigenvalue weighted by Gasteiger charge is 2.24. The van der Waals surface area contributed by atoms with Crippen molar-refractivity contribution in [2.24, 2.45) is 0 Å². The molecule has 1 aromatic rings. The average molecular weight is 258 g/mol. The van der Waals surface area contributed by atoms with Crippen LogP contribution in [0.15, 0.2) is 6.07 Å². The van der Waals surface area contributed by atoms with E-state index in [2.05, 4.69) is 14.9 Å². The fourth-order valence-electron chi connectivity index (χ4n) is 2.01. The van der Waals surface area contributed by atoms with Crippen LogP contribution >= 0.6 is 11.6 Å². The zero-order valence-electron chi connectivity index (χ0n) is 9.77. The predicted octanol–water partition coefficient (Wildman–Crippen LogP) is 1.03. The number of morpholine rings is 1. The van der Waals surface area contributed by atoms with Crippen LogP contribution < -0.4 is 4.90 Å². The summed E-state index contributed by atoms with van der Waals surface area (Å²) < 4.78 is 5.42. The lowest BCUT2D eigenvalue weighted by Crippen LogP contribution is -2.46. The number of hydrogen-bond acceptors (Lipinski definition) is 5. The van der Waals surface area contributed by atoms with Gasteiger partial charge in [0.05, 0.1) is 19.3 Å². The fraction of sp³-hybridized carbons (Fsp3) is 0.636. The molecule has 5 nitrogen and oxygen atoms in total. The van der Waals surface area contributed by atoms with Crippen molar-refractivity contribution in [1.29, 1.82) is 0 Å². The normalized spacial score (nSPS) is 20.6. The van der Waals surface area contributed by atoms with Gasteiger partial charge in [-0.1, -0.05) is 11.6 Å². The third-order valence-electron chi connectivity index (χ3n) is 2.78. The molecule has 1 unspecified atom stereocenters. The van der Waals surface area contributed by atoms with Crippen LogP contribution in [0.25, 0.3) is 0 Å². The first-order chi connectivity index (χ1) is 8.20. The van der Waals surface area contributed by atoms with Crippen LogP contribution in [0.3, 0.4) is 0 Å². The van der Waals surface area contributed by atoms with Crippen LogP contribution in [0.1, 0.15) is 12.2 Å². The number of aryl methyl sites for hydroxylation is 1. The van der Waals surface area contributed by atoms with Crippen molar-refractivity contribution in [1.82, 2.24) is 9.97 Å². The molecule has 1 N–H and O–H groups in total. The molecule has 17 heavy (non-hydrogen) atoms. The number of ether oxygens (including phenoxy) is 1. The number of halogens is 1. The van der Waals surface area contributed by atoms with Gasteiger partial charge in [-0.05, 0) is 13.3 Å². The molecular formula is C11H16ClN3O2.